The quantitative estimate of drug-likeness (QED) is 0.413. The van der Waals surface area contributed by atoms with Crippen LogP contribution < -0.4 is 10.1 Å². The lowest BCUT2D eigenvalue weighted by molar-refractivity contribution is -0.137. The first-order chi connectivity index (χ1) is 15.7. The summed E-state index contributed by atoms with van der Waals surface area (Å²) < 4.78 is 5.83. The average molecular weight is 426 g/mol. The van der Waals surface area contributed by atoms with Crippen LogP contribution in [0.4, 0.5) is 5.82 Å². The van der Waals surface area contributed by atoms with Crippen LogP contribution in [0, 0.1) is 0 Å². The smallest absolute Gasteiger partial charge is 0.326 e. The SMILES string of the molecule is O=C(O)C(Cc1ccccn1)Nc1cc(-c2ccc(OCc3ccccc3)cc2)ncn1. The molecule has 0 amide bonds. The molecule has 160 valence electrons. The van der Waals surface area contributed by atoms with E-state index >= 15 is 0 Å². The molecule has 7 nitrogen and oxygen atoms in total. The predicted octanol–water partition coefficient (Wildman–Crippen LogP) is 4.23. The Hall–Kier alpha value is -4.26. The molecule has 0 aliphatic rings. The van der Waals surface area contributed by atoms with E-state index in [1.165, 1.54) is 6.33 Å². The highest BCUT2D eigenvalue weighted by molar-refractivity contribution is 5.77. The summed E-state index contributed by atoms with van der Waals surface area (Å²) >= 11 is 0. The Morgan fingerprint density at radius 2 is 1.72 bits per heavy atom. The highest BCUT2D eigenvalue weighted by Gasteiger charge is 2.19. The molecule has 0 aliphatic heterocycles. The van der Waals surface area contributed by atoms with Gasteiger partial charge in [0, 0.05) is 29.9 Å². The van der Waals surface area contributed by atoms with Gasteiger partial charge in [0.15, 0.2) is 0 Å². The summed E-state index contributed by atoms with van der Waals surface area (Å²) in [6.07, 6.45) is 3.30. The Kier molecular flexibility index (Phi) is 6.67. The molecule has 7 heteroatoms. The van der Waals surface area contributed by atoms with Gasteiger partial charge >= 0.3 is 5.97 Å². The Labute approximate surface area is 185 Å². The summed E-state index contributed by atoms with van der Waals surface area (Å²) in [4.78, 5) is 24.4. The molecular weight excluding hydrogens is 404 g/mol. The standard InChI is InChI=1S/C25H22N4O3/c30-25(31)23(14-20-8-4-5-13-26-20)29-24-15-22(27-17-28-24)19-9-11-21(12-10-19)32-16-18-6-2-1-3-7-18/h1-13,15,17,23H,14,16H2,(H,30,31)(H,27,28,29). The van der Waals surface area contributed by atoms with Gasteiger partial charge in [-0.1, -0.05) is 36.4 Å². The van der Waals surface area contributed by atoms with E-state index < -0.39 is 12.0 Å². The van der Waals surface area contributed by atoms with Gasteiger partial charge in [-0.25, -0.2) is 14.8 Å². The molecule has 0 saturated heterocycles. The number of carbonyl (C=O) groups is 1. The van der Waals surface area contributed by atoms with E-state index in [4.69, 9.17) is 4.74 Å². The summed E-state index contributed by atoms with van der Waals surface area (Å²) in [6.45, 7) is 0.495. The van der Waals surface area contributed by atoms with Gasteiger partial charge in [0.05, 0.1) is 5.69 Å². The number of carboxylic acids is 1. The minimum absolute atomic E-state index is 0.239. The Bertz CT molecular complexity index is 1150. The van der Waals surface area contributed by atoms with Crippen LogP contribution in [0.25, 0.3) is 11.3 Å². The maximum Gasteiger partial charge on any atom is 0.326 e. The lowest BCUT2D eigenvalue weighted by atomic mass is 10.1. The number of carboxylic acid groups (broad SMARTS) is 1. The van der Waals surface area contributed by atoms with Crippen LogP contribution in [-0.2, 0) is 17.8 Å². The molecule has 0 bridgehead atoms. The van der Waals surface area contributed by atoms with Crippen molar-refractivity contribution in [3.63, 3.8) is 0 Å². The molecule has 0 radical (unpaired) electrons. The van der Waals surface area contributed by atoms with Crippen molar-refractivity contribution >= 4 is 11.8 Å². The second-order valence-electron chi connectivity index (χ2n) is 7.15. The van der Waals surface area contributed by atoms with Gasteiger partial charge in [-0.2, -0.15) is 0 Å². The molecule has 0 fully saturated rings. The number of ether oxygens (including phenoxy) is 1. The lowest BCUT2D eigenvalue weighted by Crippen LogP contribution is -2.32. The zero-order valence-electron chi connectivity index (χ0n) is 17.3. The van der Waals surface area contributed by atoms with Gasteiger partial charge in [-0.05, 0) is 42.0 Å². The fourth-order valence-electron chi connectivity index (χ4n) is 3.16. The third-order valence-corrected chi connectivity index (χ3v) is 4.83. The fourth-order valence-corrected chi connectivity index (χ4v) is 3.16. The van der Waals surface area contributed by atoms with Gasteiger partial charge in [0.25, 0.3) is 0 Å². The Morgan fingerprint density at radius 1 is 0.938 bits per heavy atom. The van der Waals surface area contributed by atoms with Crippen LogP contribution in [0.3, 0.4) is 0 Å². The molecule has 0 aliphatic carbocycles. The molecule has 0 spiro atoms. The van der Waals surface area contributed by atoms with Crippen LogP contribution in [0.15, 0.2) is 91.4 Å². The number of rotatable bonds is 9. The van der Waals surface area contributed by atoms with Crippen LogP contribution >= 0.6 is 0 Å². The summed E-state index contributed by atoms with van der Waals surface area (Å²) in [6, 6.07) is 23.8. The first-order valence-electron chi connectivity index (χ1n) is 10.2. The number of aromatic nitrogens is 3. The largest absolute Gasteiger partial charge is 0.489 e. The highest BCUT2D eigenvalue weighted by Crippen LogP contribution is 2.23. The second-order valence-corrected chi connectivity index (χ2v) is 7.15. The molecule has 4 aromatic rings. The summed E-state index contributed by atoms with van der Waals surface area (Å²) in [5.41, 5.74) is 3.34. The highest BCUT2D eigenvalue weighted by atomic mass is 16.5. The molecule has 2 heterocycles. The van der Waals surface area contributed by atoms with Crippen molar-refractivity contribution in [1.29, 1.82) is 0 Å². The Balaban J connectivity index is 1.43. The first kappa shape index (κ1) is 21.0. The van der Waals surface area contributed by atoms with Crippen molar-refractivity contribution in [2.45, 2.75) is 19.1 Å². The van der Waals surface area contributed by atoms with Crippen LogP contribution in [0.2, 0.25) is 0 Å². The number of hydrogen-bond donors (Lipinski definition) is 2. The molecule has 2 aromatic carbocycles. The topological polar surface area (TPSA) is 97.2 Å². The molecule has 2 aromatic heterocycles. The number of aliphatic carboxylic acids is 1. The van der Waals surface area contributed by atoms with Crippen molar-refractivity contribution in [1.82, 2.24) is 15.0 Å². The monoisotopic (exact) mass is 426 g/mol. The van der Waals surface area contributed by atoms with E-state index in [1.54, 1.807) is 24.4 Å². The van der Waals surface area contributed by atoms with Crippen LogP contribution in [0.5, 0.6) is 5.75 Å². The molecule has 2 N–H and O–H groups in total. The van der Waals surface area contributed by atoms with Crippen molar-refractivity contribution < 1.29 is 14.6 Å². The number of anilines is 1. The molecule has 32 heavy (non-hydrogen) atoms. The van der Waals surface area contributed by atoms with E-state index in [2.05, 4.69) is 20.3 Å². The van der Waals surface area contributed by atoms with Crippen molar-refractivity contribution in [3.8, 4) is 17.0 Å². The minimum atomic E-state index is -0.976. The molecule has 1 unspecified atom stereocenters. The van der Waals surface area contributed by atoms with E-state index in [0.717, 1.165) is 16.9 Å². The average Bonchev–Trinajstić information content (AvgIpc) is 2.84. The van der Waals surface area contributed by atoms with Crippen molar-refractivity contribution in [2.75, 3.05) is 5.32 Å². The zero-order chi connectivity index (χ0) is 22.2. The van der Waals surface area contributed by atoms with Gasteiger partial charge in [0.2, 0.25) is 0 Å². The molecule has 4 rings (SSSR count). The minimum Gasteiger partial charge on any atom is -0.489 e. The number of benzene rings is 2. The van der Waals surface area contributed by atoms with Gasteiger partial charge in [-0.15, -0.1) is 0 Å². The summed E-state index contributed by atoms with van der Waals surface area (Å²) in [5.74, 6) is 0.213. The van der Waals surface area contributed by atoms with E-state index in [0.29, 0.717) is 23.8 Å². The van der Waals surface area contributed by atoms with Gasteiger partial charge < -0.3 is 15.2 Å². The summed E-state index contributed by atoms with van der Waals surface area (Å²) in [7, 11) is 0. The van der Waals surface area contributed by atoms with Gasteiger partial charge in [0.1, 0.15) is 30.5 Å². The van der Waals surface area contributed by atoms with Crippen molar-refractivity contribution in [2.24, 2.45) is 0 Å². The number of nitrogens with one attached hydrogen (secondary N) is 1. The fraction of sp³-hybridized carbons (Fsp3) is 0.120. The van der Waals surface area contributed by atoms with E-state index in [9.17, 15) is 9.90 Å². The molecule has 1 atom stereocenters. The van der Waals surface area contributed by atoms with Crippen LogP contribution in [-0.4, -0.2) is 32.1 Å². The third-order valence-electron chi connectivity index (χ3n) is 4.83. The molecule has 0 saturated carbocycles. The summed E-state index contributed by atoms with van der Waals surface area (Å²) in [5, 5.41) is 12.6. The van der Waals surface area contributed by atoms with E-state index in [-0.39, 0.29) is 6.42 Å². The zero-order valence-corrected chi connectivity index (χ0v) is 17.3. The second kappa shape index (κ2) is 10.2. The number of pyridine rings is 1. The maximum absolute atomic E-state index is 11.7. The number of hydrogen-bond acceptors (Lipinski definition) is 6. The van der Waals surface area contributed by atoms with Crippen LogP contribution in [0.1, 0.15) is 11.3 Å². The number of nitrogens with zero attached hydrogens (tertiary/aromatic N) is 3. The third kappa shape index (κ3) is 5.66. The normalized spacial score (nSPS) is 11.5. The first-order valence-corrected chi connectivity index (χ1v) is 10.2. The van der Waals surface area contributed by atoms with E-state index in [1.807, 2.05) is 60.7 Å². The van der Waals surface area contributed by atoms with Gasteiger partial charge in [-0.3, -0.25) is 4.98 Å². The lowest BCUT2D eigenvalue weighted by Gasteiger charge is -2.15. The Morgan fingerprint density at radius 3 is 2.44 bits per heavy atom. The maximum atomic E-state index is 11.7. The predicted molar refractivity (Wildman–Crippen MR) is 121 cm³/mol. The molecular formula is C25H22N4O3. The van der Waals surface area contributed by atoms with Crippen molar-refractivity contribution in [3.05, 3.63) is 103 Å².